The number of fused-ring (bicyclic) bond motifs is 1. The number of allylic oxidation sites excluding steroid dienone is 1. The van der Waals surface area contributed by atoms with E-state index < -0.39 is 0 Å². The summed E-state index contributed by atoms with van der Waals surface area (Å²) in [6.07, 6.45) is 4.17. The van der Waals surface area contributed by atoms with Crippen LogP contribution < -0.4 is 0 Å². The largest absolute Gasteiger partial charge is 0.464 e. The van der Waals surface area contributed by atoms with Gasteiger partial charge in [0.2, 0.25) is 0 Å². The molecule has 3 heteroatoms. The molecule has 0 spiro atoms. The fourth-order valence-electron chi connectivity index (χ4n) is 1.33. The number of furan rings is 1. The Bertz CT molecular complexity index is 534. The monoisotopic (exact) mass is 187 g/mol. The van der Waals surface area contributed by atoms with Crippen molar-refractivity contribution < 1.29 is 8.81 Å². The SMILES string of the molecule is N#C/C=C\c1c(F)ccc2occc12. The van der Waals surface area contributed by atoms with E-state index in [2.05, 4.69) is 0 Å². The molecule has 0 aliphatic carbocycles. The maximum atomic E-state index is 13.3. The Morgan fingerprint density at radius 3 is 3.00 bits per heavy atom. The zero-order valence-corrected chi connectivity index (χ0v) is 7.20. The van der Waals surface area contributed by atoms with Gasteiger partial charge in [0.15, 0.2) is 0 Å². The van der Waals surface area contributed by atoms with E-state index in [1.807, 2.05) is 6.07 Å². The van der Waals surface area contributed by atoms with E-state index in [0.29, 0.717) is 16.5 Å². The molecular formula is C11H6FNO. The van der Waals surface area contributed by atoms with Crippen molar-refractivity contribution in [2.24, 2.45) is 0 Å². The average molecular weight is 187 g/mol. The first kappa shape index (κ1) is 8.52. The predicted molar refractivity (Wildman–Crippen MR) is 50.8 cm³/mol. The number of benzene rings is 1. The van der Waals surface area contributed by atoms with E-state index >= 15 is 0 Å². The van der Waals surface area contributed by atoms with E-state index in [1.165, 1.54) is 24.5 Å². The minimum atomic E-state index is -0.356. The summed E-state index contributed by atoms with van der Waals surface area (Å²) in [5.41, 5.74) is 1.00. The van der Waals surface area contributed by atoms with Crippen LogP contribution in [-0.2, 0) is 0 Å². The molecule has 2 rings (SSSR count). The van der Waals surface area contributed by atoms with E-state index in [9.17, 15) is 4.39 Å². The first-order valence-corrected chi connectivity index (χ1v) is 4.05. The van der Waals surface area contributed by atoms with Gasteiger partial charge in [0.1, 0.15) is 11.4 Å². The van der Waals surface area contributed by atoms with Crippen molar-refractivity contribution >= 4 is 17.0 Å². The molecule has 0 bridgehead atoms. The van der Waals surface area contributed by atoms with Crippen LogP contribution in [0.2, 0.25) is 0 Å². The van der Waals surface area contributed by atoms with Gasteiger partial charge in [-0.25, -0.2) is 4.39 Å². The van der Waals surface area contributed by atoms with Gasteiger partial charge in [0.25, 0.3) is 0 Å². The molecule has 0 saturated carbocycles. The molecule has 1 aromatic heterocycles. The van der Waals surface area contributed by atoms with Crippen molar-refractivity contribution in [3.63, 3.8) is 0 Å². The second kappa shape index (κ2) is 3.35. The van der Waals surface area contributed by atoms with Crippen LogP contribution in [0.3, 0.4) is 0 Å². The molecule has 0 aliphatic rings. The standard InChI is InChI=1S/C11H6FNO/c12-10-3-4-11-9(5-7-14-11)8(10)2-1-6-13/h1-5,7H/b2-1-. The summed E-state index contributed by atoms with van der Waals surface area (Å²) >= 11 is 0. The molecular weight excluding hydrogens is 181 g/mol. The van der Waals surface area contributed by atoms with Crippen molar-refractivity contribution in [2.45, 2.75) is 0 Å². The number of hydrogen-bond acceptors (Lipinski definition) is 2. The summed E-state index contributed by atoms with van der Waals surface area (Å²) < 4.78 is 18.4. The summed E-state index contributed by atoms with van der Waals surface area (Å²) in [5, 5.41) is 9.04. The van der Waals surface area contributed by atoms with Gasteiger partial charge in [-0.05, 0) is 24.3 Å². The Hall–Kier alpha value is -2.08. The van der Waals surface area contributed by atoms with Gasteiger partial charge in [-0.1, -0.05) is 0 Å². The van der Waals surface area contributed by atoms with Crippen LogP contribution in [0.4, 0.5) is 4.39 Å². The van der Waals surface area contributed by atoms with Gasteiger partial charge < -0.3 is 4.42 Å². The second-order valence-electron chi connectivity index (χ2n) is 2.76. The van der Waals surface area contributed by atoms with Gasteiger partial charge in [-0.2, -0.15) is 5.26 Å². The molecule has 14 heavy (non-hydrogen) atoms. The second-order valence-corrected chi connectivity index (χ2v) is 2.76. The molecule has 0 unspecified atom stereocenters. The van der Waals surface area contributed by atoms with Gasteiger partial charge in [0, 0.05) is 17.0 Å². The highest BCUT2D eigenvalue weighted by Crippen LogP contribution is 2.23. The van der Waals surface area contributed by atoms with E-state index in [4.69, 9.17) is 9.68 Å². The molecule has 1 heterocycles. The Morgan fingerprint density at radius 2 is 2.21 bits per heavy atom. The Morgan fingerprint density at radius 1 is 1.36 bits per heavy atom. The summed E-state index contributed by atoms with van der Waals surface area (Å²) in [4.78, 5) is 0. The number of rotatable bonds is 1. The maximum Gasteiger partial charge on any atom is 0.134 e. The molecule has 2 aromatic rings. The van der Waals surface area contributed by atoms with E-state index in [1.54, 1.807) is 12.1 Å². The van der Waals surface area contributed by atoms with Crippen LogP contribution in [0.1, 0.15) is 5.56 Å². The van der Waals surface area contributed by atoms with Crippen LogP contribution >= 0.6 is 0 Å². The smallest absolute Gasteiger partial charge is 0.134 e. The Labute approximate surface area is 79.9 Å². The molecule has 0 radical (unpaired) electrons. The van der Waals surface area contributed by atoms with Crippen molar-refractivity contribution in [1.82, 2.24) is 0 Å². The highest BCUT2D eigenvalue weighted by atomic mass is 19.1. The van der Waals surface area contributed by atoms with E-state index in [-0.39, 0.29) is 5.82 Å². The highest BCUT2D eigenvalue weighted by molar-refractivity contribution is 5.87. The van der Waals surface area contributed by atoms with Crippen molar-refractivity contribution in [2.75, 3.05) is 0 Å². The predicted octanol–water partition coefficient (Wildman–Crippen LogP) is 3.11. The average Bonchev–Trinajstić information content (AvgIpc) is 2.64. The molecule has 68 valence electrons. The fourth-order valence-corrected chi connectivity index (χ4v) is 1.33. The lowest BCUT2D eigenvalue weighted by Gasteiger charge is -1.96. The third-order valence-electron chi connectivity index (χ3n) is 1.95. The fraction of sp³-hybridized carbons (Fsp3) is 0. The maximum absolute atomic E-state index is 13.3. The van der Waals surface area contributed by atoms with Crippen LogP contribution in [0.25, 0.3) is 17.0 Å². The summed E-state index contributed by atoms with van der Waals surface area (Å²) in [6.45, 7) is 0. The Balaban J connectivity index is 2.71. The molecule has 0 atom stereocenters. The van der Waals surface area contributed by atoms with E-state index in [0.717, 1.165) is 0 Å². The Kier molecular flexibility index (Phi) is 2.04. The summed E-state index contributed by atoms with van der Waals surface area (Å²) in [5.74, 6) is -0.356. The lowest BCUT2D eigenvalue weighted by atomic mass is 10.1. The minimum Gasteiger partial charge on any atom is -0.464 e. The lowest BCUT2D eigenvalue weighted by molar-refractivity contribution is 0.609. The van der Waals surface area contributed by atoms with Crippen LogP contribution in [-0.4, -0.2) is 0 Å². The molecule has 0 saturated heterocycles. The highest BCUT2D eigenvalue weighted by Gasteiger charge is 2.06. The molecule has 0 amide bonds. The van der Waals surface area contributed by atoms with Gasteiger partial charge in [-0.3, -0.25) is 0 Å². The number of halogens is 1. The van der Waals surface area contributed by atoms with Crippen LogP contribution in [0.15, 0.2) is 35.0 Å². The van der Waals surface area contributed by atoms with Gasteiger partial charge >= 0.3 is 0 Å². The minimum absolute atomic E-state index is 0.356. The number of nitrogens with zero attached hydrogens (tertiary/aromatic N) is 1. The number of nitriles is 1. The first-order chi connectivity index (χ1) is 6.83. The molecule has 0 aliphatic heterocycles. The van der Waals surface area contributed by atoms with Crippen molar-refractivity contribution in [1.29, 1.82) is 5.26 Å². The molecule has 0 N–H and O–H groups in total. The normalized spacial score (nSPS) is 10.9. The summed E-state index contributed by atoms with van der Waals surface area (Å²) in [6, 6.07) is 6.38. The van der Waals surface area contributed by atoms with Crippen LogP contribution in [0, 0.1) is 17.1 Å². The van der Waals surface area contributed by atoms with Gasteiger partial charge in [-0.15, -0.1) is 0 Å². The quantitative estimate of drug-likeness (QED) is 0.643. The topological polar surface area (TPSA) is 36.9 Å². The van der Waals surface area contributed by atoms with Crippen molar-refractivity contribution in [3.8, 4) is 6.07 Å². The summed E-state index contributed by atoms with van der Waals surface area (Å²) in [7, 11) is 0. The third-order valence-corrected chi connectivity index (χ3v) is 1.95. The van der Waals surface area contributed by atoms with Crippen molar-refractivity contribution in [3.05, 3.63) is 41.9 Å². The first-order valence-electron chi connectivity index (χ1n) is 4.05. The zero-order chi connectivity index (χ0) is 9.97. The molecule has 0 fully saturated rings. The van der Waals surface area contributed by atoms with Crippen LogP contribution in [0.5, 0.6) is 0 Å². The molecule has 2 nitrogen and oxygen atoms in total. The molecule has 1 aromatic carbocycles. The third kappa shape index (κ3) is 1.27. The lowest BCUT2D eigenvalue weighted by Crippen LogP contribution is -1.81. The zero-order valence-electron chi connectivity index (χ0n) is 7.20. The number of hydrogen-bond donors (Lipinski definition) is 0. The van der Waals surface area contributed by atoms with Gasteiger partial charge in [0.05, 0.1) is 12.3 Å².